The molecule has 2 nitrogen and oxygen atoms in total. The van der Waals surface area contributed by atoms with Crippen LogP contribution in [-0.2, 0) is 4.74 Å². The third kappa shape index (κ3) is 2.11. The molecule has 2 heteroatoms. The third-order valence-corrected chi connectivity index (χ3v) is 4.01. The zero-order valence-electron chi connectivity index (χ0n) is 11.2. The van der Waals surface area contributed by atoms with Crippen LogP contribution in [-0.4, -0.2) is 29.2 Å². The number of hydrogen-bond donors (Lipinski definition) is 0. The Labute approximate surface area is 99.7 Å². The topological polar surface area (TPSA) is 12.2 Å². The fraction of sp³-hybridized carbons (Fsp3) is 0.929. The van der Waals surface area contributed by atoms with Crippen molar-refractivity contribution in [3.63, 3.8) is 0 Å². The highest BCUT2D eigenvalue weighted by Crippen LogP contribution is 2.32. The summed E-state index contributed by atoms with van der Waals surface area (Å²) in [5, 5.41) is 0. The van der Waals surface area contributed by atoms with Crippen molar-refractivity contribution in [2.75, 3.05) is 6.61 Å². The van der Waals surface area contributed by atoms with Gasteiger partial charge in [0, 0.05) is 5.92 Å². The van der Waals surface area contributed by atoms with Crippen molar-refractivity contribution in [1.82, 2.24) is 0 Å². The van der Waals surface area contributed by atoms with Crippen molar-refractivity contribution in [3.05, 3.63) is 0 Å². The van der Waals surface area contributed by atoms with Gasteiger partial charge in [-0.15, -0.1) is 0 Å². The predicted octanol–water partition coefficient (Wildman–Crippen LogP) is 3.05. The summed E-state index contributed by atoms with van der Waals surface area (Å²) in [7, 11) is 0. The van der Waals surface area contributed by atoms with Gasteiger partial charge in [0.25, 0.3) is 0 Å². The maximum Gasteiger partial charge on any atom is 0.339 e. The summed E-state index contributed by atoms with van der Waals surface area (Å²) < 4.78 is 8.51. The van der Waals surface area contributed by atoms with Crippen LogP contribution in [0.3, 0.4) is 0 Å². The SMILES string of the molecule is CC(C)C1=[N+](C(C)C)[C@H](C2CCCC2)CO1. The smallest absolute Gasteiger partial charge is 0.339 e. The van der Waals surface area contributed by atoms with Gasteiger partial charge in [0.05, 0.1) is 5.92 Å². The molecule has 0 unspecified atom stereocenters. The van der Waals surface area contributed by atoms with E-state index in [0.29, 0.717) is 18.0 Å². The quantitative estimate of drug-likeness (QED) is 0.671. The summed E-state index contributed by atoms with van der Waals surface area (Å²) in [5.41, 5.74) is 0. The molecule has 0 aromatic rings. The van der Waals surface area contributed by atoms with Crippen molar-refractivity contribution in [3.8, 4) is 0 Å². The molecule has 16 heavy (non-hydrogen) atoms. The molecule has 0 bridgehead atoms. The summed E-state index contributed by atoms with van der Waals surface area (Å²) in [6.45, 7) is 9.98. The van der Waals surface area contributed by atoms with Gasteiger partial charge in [-0.1, -0.05) is 12.8 Å². The lowest BCUT2D eigenvalue weighted by molar-refractivity contribution is -0.594. The average molecular weight is 224 g/mol. The van der Waals surface area contributed by atoms with E-state index >= 15 is 0 Å². The Balaban J connectivity index is 2.20. The first-order chi connectivity index (χ1) is 7.61. The zero-order valence-corrected chi connectivity index (χ0v) is 11.2. The van der Waals surface area contributed by atoms with Gasteiger partial charge < -0.3 is 4.74 Å². The molecule has 2 aliphatic rings. The highest BCUT2D eigenvalue weighted by Gasteiger charge is 2.43. The summed E-state index contributed by atoms with van der Waals surface area (Å²) in [6.07, 6.45) is 5.65. The lowest BCUT2D eigenvalue weighted by Gasteiger charge is -2.17. The van der Waals surface area contributed by atoms with Gasteiger partial charge in [-0.05, 0) is 40.5 Å². The predicted molar refractivity (Wildman–Crippen MR) is 66.9 cm³/mol. The molecule has 0 spiro atoms. The van der Waals surface area contributed by atoms with Crippen LogP contribution < -0.4 is 0 Å². The van der Waals surface area contributed by atoms with Crippen molar-refractivity contribution >= 4 is 5.90 Å². The molecule has 0 radical (unpaired) electrons. The van der Waals surface area contributed by atoms with Crippen LogP contribution in [0.4, 0.5) is 0 Å². The second-order valence-corrected chi connectivity index (χ2v) is 5.92. The Kier molecular flexibility index (Phi) is 3.56. The number of rotatable bonds is 3. The van der Waals surface area contributed by atoms with Gasteiger partial charge in [-0.2, -0.15) is 4.58 Å². The molecule has 1 atom stereocenters. The molecular formula is C14H26NO+. The standard InChI is InChI=1S/C14H26NO/c1-10(2)14-15(11(3)4)13(9-16-14)12-7-5-6-8-12/h10-13H,5-9H2,1-4H3/q+1/t13-/m0/s1. The van der Waals surface area contributed by atoms with E-state index in [1.165, 1.54) is 31.6 Å². The van der Waals surface area contributed by atoms with E-state index in [-0.39, 0.29) is 0 Å². The summed E-state index contributed by atoms with van der Waals surface area (Å²) in [6, 6.07) is 1.23. The first-order valence-corrected chi connectivity index (χ1v) is 6.89. The van der Waals surface area contributed by atoms with E-state index in [0.717, 1.165) is 12.5 Å². The van der Waals surface area contributed by atoms with E-state index in [2.05, 4.69) is 32.3 Å². The highest BCUT2D eigenvalue weighted by atomic mass is 16.5. The largest absolute Gasteiger partial charge is 0.441 e. The Morgan fingerprint density at radius 2 is 1.75 bits per heavy atom. The molecular weight excluding hydrogens is 198 g/mol. The van der Waals surface area contributed by atoms with Crippen molar-refractivity contribution in [1.29, 1.82) is 0 Å². The fourth-order valence-electron chi connectivity index (χ4n) is 3.30. The molecule has 0 saturated heterocycles. The van der Waals surface area contributed by atoms with Crippen LogP contribution in [0.25, 0.3) is 0 Å². The van der Waals surface area contributed by atoms with Crippen molar-refractivity contribution < 1.29 is 9.31 Å². The molecule has 1 saturated carbocycles. The highest BCUT2D eigenvalue weighted by molar-refractivity contribution is 5.74. The number of hydrogen-bond acceptors (Lipinski definition) is 1. The van der Waals surface area contributed by atoms with Gasteiger partial charge in [0.15, 0.2) is 18.7 Å². The molecule has 1 aliphatic carbocycles. The lowest BCUT2D eigenvalue weighted by Crippen LogP contribution is -2.37. The first kappa shape index (κ1) is 11.9. The van der Waals surface area contributed by atoms with Crippen LogP contribution >= 0.6 is 0 Å². The van der Waals surface area contributed by atoms with E-state index in [1.807, 2.05) is 0 Å². The summed E-state index contributed by atoms with van der Waals surface area (Å²) in [4.78, 5) is 0. The zero-order chi connectivity index (χ0) is 11.7. The second-order valence-electron chi connectivity index (χ2n) is 5.92. The fourth-order valence-corrected chi connectivity index (χ4v) is 3.30. The van der Waals surface area contributed by atoms with E-state index in [9.17, 15) is 0 Å². The normalized spacial score (nSPS) is 27.2. The minimum atomic E-state index is 0.522. The van der Waals surface area contributed by atoms with Crippen LogP contribution in [0.5, 0.6) is 0 Å². The van der Waals surface area contributed by atoms with E-state index in [1.54, 1.807) is 0 Å². The minimum absolute atomic E-state index is 0.522. The Bertz CT molecular complexity index is 274. The van der Waals surface area contributed by atoms with Gasteiger partial charge in [0.1, 0.15) is 0 Å². The summed E-state index contributed by atoms with van der Waals surface area (Å²) >= 11 is 0. The van der Waals surface area contributed by atoms with Crippen LogP contribution in [0.1, 0.15) is 53.4 Å². The molecule has 0 aromatic carbocycles. The Morgan fingerprint density at radius 3 is 2.25 bits per heavy atom. The minimum Gasteiger partial charge on any atom is -0.441 e. The van der Waals surface area contributed by atoms with Crippen molar-refractivity contribution in [2.45, 2.75) is 65.5 Å². The van der Waals surface area contributed by atoms with Gasteiger partial charge in [-0.25, -0.2) is 0 Å². The van der Waals surface area contributed by atoms with Gasteiger partial charge in [0.2, 0.25) is 0 Å². The van der Waals surface area contributed by atoms with Crippen LogP contribution in [0.2, 0.25) is 0 Å². The van der Waals surface area contributed by atoms with E-state index in [4.69, 9.17) is 4.74 Å². The monoisotopic (exact) mass is 224 g/mol. The molecule has 1 fully saturated rings. The lowest BCUT2D eigenvalue weighted by atomic mass is 9.97. The maximum absolute atomic E-state index is 5.96. The van der Waals surface area contributed by atoms with Gasteiger partial charge in [-0.3, -0.25) is 0 Å². The number of nitrogens with zero attached hydrogens (tertiary/aromatic N) is 1. The Morgan fingerprint density at radius 1 is 1.12 bits per heavy atom. The third-order valence-electron chi connectivity index (χ3n) is 4.01. The molecule has 0 N–H and O–H groups in total. The van der Waals surface area contributed by atoms with E-state index < -0.39 is 0 Å². The molecule has 0 amide bonds. The molecule has 2 rings (SSSR count). The molecule has 92 valence electrons. The molecule has 1 aliphatic heterocycles. The first-order valence-electron chi connectivity index (χ1n) is 6.89. The summed E-state index contributed by atoms with van der Waals surface area (Å²) in [5.74, 6) is 2.62. The molecule has 1 heterocycles. The second kappa shape index (κ2) is 4.77. The van der Waals surface area contributed by atoms with Gasteiger partial charge >= 0.3 is 5.90 Å². The average Bonchev–Trinajstić information content (AvgIpc) is 2.85. The Hall–Kier alpha value is -0.530. The number of ether oxygens (including phenoxy) is 1. The van der Waals surface area contributed by atoms with Crippen LogP contribution in [0.15, 0.2) is 0 Å². The van der Waals surface area contributed by atoms with Crippen molar-refractivity contribution in [2.24, 2.45) is 11.8 Å². The molecule has 0 aromatic heterocycles. The maximum atomic E-state index is 5.96. The van der Waals surface area contributed by atoms with Crippen LogP contribution in [0, 0.1) is 11.8 Å².